The van der Waals surface area contributed by atoms with Gasteiger partial charge in [-0.2, -0.15) is 11.8 Å². The number of urea groups is 1. The van der Waals surface area contributed by atoms with Gasteiger partial charge in [-0.1, -0.05) is 36.8 Å². The summed E-state index contributed by atoms with van der Waals surface area (Å²) in [6.07, 6.45) is 3.61. The topological polar surface area (TPSA) is 61.4 Å². The molecular weight excluding hydrogens is 296 g/mol. The molecule has 0 saturated heterocycles. The van der Waals surface area contributed by atoms with E-state index in [0.717, 1.165) is 12.8 Å². The van der Waals surface area contributed by atoms with E-state index in [9.17, 15) is 9.90 Å². The lowest BCUT2D eigenvalue weighted by Gasteiger charge is -2.24. The van der Waals surface area contributed by atoms with Crippen LogP contribution >= 0.6 is 11.8 Å². The van der Waals surface area contributed by atoms with E-state index in [4.69, 9.17) is 0 Å². The smallest absolute Gasteiger partial charge is 0.315 e. The number of carbonyl (C=O) groups excluding carboxylic acids is 1. The number of aryl methyl sites for hydroxylation is 1. The summed E-state index contributed by atoms with van der Waals surface area (Å²) in [5.74, 6) is 0.591. The molecule has 2 amide bonds. The summed E-state index contributed by atoms with van der Waals surface area (Å²) in [5, 5.41) is 15.8. The molecule has 2 unspecified atom stereocenters. The van der Waals surface area contributed by atoms with E-state index in [1.807, 2.05) is 6.26 Å². The van der Waals surface area contributed by atoms with Crippen LogP contribution < -0.4 is 10.6 Å². The Morgan fingerprint density at radius 3 is 2.55 bits per heavy atom. The molecule has 0 saturated carbocycles. The maximum atomic E-state index is 12.0. The summed E-state index contributed by atoms with van der Waals surface area (Å²) in [5.41, 5.74) is 1.57. The van der Waals surface area contributed by atoms with Gasteiger partial charge in [-0.05, 0) is 38.5 Å². The van der Waals surface area contributed by atoms with Crippen LogP contribution in [-0.2, 0) is 6.42 Å². The third kappa shape index (κ3) is 7.18. The minimum atomic E-state index is -0.880. The van der Waals surface area contributed by atoms with Gasteiger partial charge in [0, 0.05) is 18.3 Å². The van der Waals surface area contributed by atoms with Gasteiger partial charge in [-0.25, -0.2) is 4.79 Å². The second-order valence-electron chi connectivity index (χ2n) is 6.05. The lowest BCUT2D eigenvalue weighted by atomic mass is 10.0. The van der Waals surface area contributed by atoms with Crippen molar-refractivity contribution in [3.63, 3.8) is 0 Å². The Kier molecular flexibility index (Phi) is 7.76. The Morgan fingerprint density at radius 2 is 2.00 bits per heavy atom. The molecule has 0 aliphatic carbocycles. The number of hydrogen-bond acceptors (Lipinski definition) is 3. The number of carbonyl (C=O) groups is 1. The van der Waals surface area contributed by atoms with Crippen molar-refractivity contribution in [1.29, 1.82) is 0 Å². The van der Waals surface area contributed by atoms with Crippen molar-refractivity contribution in [2.75, 3.05) is 18.6 Å². The zero-order valence-electron chi connectivity index (χ0n) is 14.0. The van der Waals surface area contributed by atoms with Gasteiger partial charge in [0.05, 0.1) is 5.60 Å². The summed E-state index contributed by atoms with van der Waals surface area (Å²) < 4.78 is 0. The number of rotatable bonds is 8. The predicted molar refractivity (Wildman–Crippen MR) is 94.5 cm³/mol. The Balaban J connectivity index is 2.44. The van der Waals surface area contributed by atoms with Crippen LogP contribution in [0.25, 0.3) is 0 Å². The van der Waals surface area contributed by atoms with Crippen LogP contribution in [0.2, 0.25) is 0 Å². The summed E-state index contributed by atoms with van der Waals surface area (Å²) in [6, 6.07) is 8.24. The highest BCUT2D eigenvalue weighted by atomic mass is 32.2. The largest absolute Gasteiger partial charge is 0.387 e. The van der Waals surface area contributed by atoms with Crippen LogP contribution in [0.15, 0.2) is 24.3 Å². The molecule has 1 aromatic rings. The zero-order chi connectivity index (χ0) is 16.6. The quantitative estimate of drug-likeness (QED) is 0.689. The Bertz CT molecular complexity index is 460. The highest BCUT2D eigenvalue weighted by Crippen LogP contribution is 2.10. The molecule has 0 bridgehead atoms. The van der Waals surface area contributed by atoms with E-state index in [2.05, 4.69) is 48.7 Å². The van der Waals surface area contributed by atoms with Crippen molar-refractivity contribution in [2.24, 2.45) is 0 Å². The SMILES string of the molecule is CCC(Cc1ccc(C)cc1)NC(=O)NCC(C)(O)CSC. The fourth-order valence-electron chi connectivity index (χ4n) is 2.18. The summed E-state index contributed by atoms with van der Waals surface area (Å²) >= 11 is 1.56. The summed E-state index contributed by atoms with van der Waals surface area (Å²) in [6.45, 7) is 6.10. The first kappa shape index (κ1) is 18.8. The van der Waals surface area contributed by atoms with Crippen LogP contribution in [0, 0.1) is 6.92 Å². The van der Waals surface area contributed by atoms with E-state index >= 15 is 0 Å². The number of benzene rings is 1. The molecule has 0 heterocycles. The molecule has 0 fully saturated rings. The van der Waals surface area contributed by atoms with Crippen molar-refractivity contribution in [1.82, 2.24) is 10.6 Å². The molecule has 0 spiro atoms. The third-order valence-electron chi connectivity index (χ3n) is 3.52. The average molecular weight is 324 g/mol. The first-order valence-electron chi connectivity index (χ1n) is 7.67. The first-order valence-corrected chi connectivity index (χ1v) is 9.07. The van der Waals surface area contributed by atoms with E-state index in [1.54, 1.807) is 18.7 Å². The van der Waals surface area contributed by atoms with Crippen molar-refractivity contribution < 1.29 is 9.90 Å². The highest BCUT2D eigenvalue weighted by molar-refractivity contribution is 7.98. The predicted octanol–water partition coefficient (Wildman–Crippen LogP) is 2.73. The van der Waals surface area contributed by atoms with Gasteiger partial charge in [0.1, 0.15) is 0 Å². The molecule has 3 N–H and O–H groups in total. The fraction of sp³-hybridized carbons (Fsp3) is 0.588. The molecule has 0 aliphatic rings. The Morgan fingerprint density at radius 1 is 1.36 bits per heavy atom. The van der Waals surface area contributed by atoms with E-state index in [1.165, 1.54) is 11.1 Å². The van der Waals surface area contributed by atoms with Gasteiger partial charge >= 0.3 is 6.03 Å². The van der Waals surface area contributed by atoms with E-state index in [-0.39, 0.29) is 18.6 Å². The second kappa shape index (κ2) is 9.06. The molecule has 0 aromatic heterocycles. The van der Waals surface area contributed by atoms with Crippen LogP contribution in [0.3, 0.4) is 0 Å². The molecule has 1 rings (SSSR count). The minimum absolute atomic E-state index is 0.0909. The van der Waals surface area contributed by atoms with Crippen LogP contribution in [0.1, 0.15) is 31.4 Å². The molecule has 1 aromatic carbocycles. The standard InChI is InChI=1S/C17H28N2O2S/c1-5-15(10-14-8-6-13(2)7-9-14)19-16(20)18-11-17(3,21)12-22-4/h6-9,15,21H,5,10-12H2,1-4H3,(H2,18,19,20). The third-order valence-corrected chi connectivity index (χ3v) is 4.43. The van der Waals surface area contributed by atoms with Gasteiger partial charge in [0.2, 0.25) is 0 Å². The highest BCUT2D eigenvalue weighted by Gasteiger charge is 2.21. The van der Waals surface area contributed by atoms with Gasteiger partial charge in [-0.3, -0.25) is 0 Å². The number of nitrogens with one attached hydrogen (secondary N) is 2. The molecule has 124 valence electrons. The molecule has 4 nitrogen and oxygen atoms in total. The zero-order valence-corrected chi connectivity index (χ0v) is 14.8. The number of aliphatic hydroxyl groups is 1. The van der Waals surface area contributed by atoms with Crippen molar-refractivity contribution in [3.8, 4) is 0 Å². The molecule has 0 radical (unpaired) electrons. The van der Waals surface area contributed by atoms with Crippen LogP contribution in [0.4, 0.5) is 4.79 Å². The van der Waals surface area contributed by atoms with Crippen molar-refractivity contribution in [3.05, 3.63) is 35.4 Å². The lowest BCUT2D eigenvalue weighted by Crippen LogP contribution is -2.49. The minimum Gasteiger partial charge on any atom is -0.387 e. The second-order valence-corrected chi connectivity index (χ2v) is 6.92. The van der Waals surface area contributed by atoms with Crippen molar-refractivity contribution in [2.45, 2.75) is 45.3 Å². The Labute approximate surface area is 138 Å². The van der Waals surface area contributed by atoms with Gasteiger partial charge in [0.25, 0.3) is 0 Å². The van der Waals surface area contributed by atoms with Gasteiger partial charge in [-0.15, -0.1) is 0 Å². The number of hydrogen-bond donors (Lipinski definition) is 3. The molecule has 5 heteroatoms. The Hall–Kier alpha value is -1.20. The normalized spacial score (nSPS) is 15.0. The summed E-state index contributed by atoms with van der Waals surface area (Å²) in [4.78, 5) is 12.0. The molecule has 0 aliphatic heterocycles. The number of thioether (sulfide) groups is 1. The van der Waals surface area contributed by atoms with Gasteiger partial charge in [0.15, 0.2) is 0 Å². The summed E-state index contributed by atoms with van der Waals surface area (Å²) in [7, 11) is 0. The number of amides is 2. The van der Waals surface area contributed by atoms with Crippen LogP contribution in [0.5, 0.6) is 0 Å². The fourth-order valence-corrected chi connectivity index (χ4v) is 2.90. The monoisotopic (exact) mass is 324 g/mol. The average Bonchev–Trinajstić information content (AvgIpc) is 2.47. The maximum absolute atomic E-state index is 12.0. The molecular formula is C17H28N2O2S. The van der Waals surface area contributed by atoms with E-state index < -0.39 is 5.60 Å². The molecule has 2 atom stereocenters. The lowest BCUT2D eigenvalue weighted by molar-refractivity contribution is 0.0867. The maximum Gasteiger partial charge on any atom is 0.315 e. The molecule has 22 heavy (non-hydrogen) atoms. The van der Waals surface area contributed by atoms with Crippen molar-refractivity contribution >= 4 is 17.8 Å². The first-order chi connectivity index (χ1) is 10.4. The van der Waals surface area contributed by atoms with E-state index in [0.29, 0.717) is 5.75 Å². The van der Waals surface area contributed by atoms with Gasteiger partial charge < -0.3 is 15.7 Å². The van der Waals surface area contributed by atoms with Crippen LogP contribution in [-0.4, -0.2) is 41.3 Å².